The molecule has 23 heavy (non-hydrogen) atoms. The summed E-state index contributed by atoms with van der Waals surface area (Å²) in [4.78, 5) is 0.268. The quantitative estimate of drug-likeness (QED) is 0.621. The lowest BCUT2D eigenvalue weighted by Crippen LogP contribution is -2.11. The summed E-state index contributed by atoms with van der Waals surface area (Å²) in [5, 5.41) is 7.42. The minimum Gasteiger partial charge on any atom is -0.493 e. The lowest BCUT2D eigenvalue weighted by atomic mass is 10.2. The minimum absolute atomic E-state index is 0.0498. The van der Waals surface area contributed by atoms with Gasteiger partial charge in [-0.05, 0) is 35.9 Å². The van der Waals surface area contributed by atoms with Crippen LogP contribution in [0.4, 0.5) is 0 Å². The Morgan fingerprint density at radius 3 is 2.30 bits per heavy atom. The van der Waals surface area contributed by atoms with Gasteiger partial charge >= 0.3 is 0 Å². The third-order valence-corrected chi connectivity index (χ3v) is 4.35. The molecule has 0 aliphatic rings. The standard InChI is InChI=1S/C16H18N2O4S/c1-21-15-9-12(16(17)18)5-8-14(15)22-10-11-3-6-13(7-4-11)23(2,19)20/h3-9H,10H2,1-2H3,(H3,17,18). The number of sulfone groups is 1. The lowest BCUT2D eigenvalue weighted by molar-refractivity contribution is 0.284. The summed E-state index contributed by atoms with van der Waals surface area (Å²) in [6.07, 6.45) is 1.17. The number of nitrogens with two attached hydrogens (primary N) is 1. The molecule has 0 fully saturated rings. The molecule has 0 aliphatic heterocycles. The van der Waals surface area contributed by atoms with E-state index in [0.29, 0.717) is 17.1 Å². The smallest absolute Gasteiger partial charge is 0.175 e. The molecule has 3 N–H and O–H groups in total. The van der Waals surface area contributed by atoms with E-state index in [-0.39, 0.29) is 17.3 Å². The van der Waals surface area contributed by atoms with Crippen molar-refractivity contribution in [3.8, 4) is 11.5 Å². The van der Waals surface area contributed by atoms with Gasteiger partial charge in [-0.3, -0.25) is 5.41 Å². The molecule has 0 aliphatic carbocycles. The maximum Gasteiger partial charge on any atom is 0.175 e. The van der Waals surface area contributed by atoms with Crippen LogP contribution < -0.4 is 15.2 Å². The second-order valence-electron chi connectivity index (χ2n) is 4.98. The Morgan fingerprint density at radius 2 is 1.78 bits per heavy atom. The van der Waals surface area contributed by atoms with Crippen molar-refractivity contribution in [1.29, 1.82) is 5.41 Å². The van der Waals surface area contributed by atoms with Crippen molar-refractivity contribution < 1.29 is 17.9 Å². The van der Waals surface area contributed by atoms with Crippen molar-refractivity contribution in [3.05, 3.63) is 53.6 Å². The highest BCUT2D eigenvalue weighted by atomic mass is 32.2. The van der Waals surface area contributed by atoms with E-state index in [0.717, 1.165) is 5.56 Å². The Hall–Kier alpha value is -2.54. The zero-order valence-corrected chi connectivity index (χ0v) is 13.7. The topological polar surface area (TPSA) is 102 Å². The first-order chi connectivity index (χ1) is 10.8. The molecule has 0 saturated heterocycles. The fraction of sp³-hybridized carbons (Fsp3) is 0.188. The second-order valence-corrected chi connectivity index (χ2v) is 7.00. The molecule has 0 radical (unpaired) electrons. The molecule has 0 spiro atoms. The zero-order valence-electron chi connectivity index (χ0n) is 12.9. The number of nitrogens with one attached hydrogen (secondary N) is 1. The molecule has 2 aromatic carbocycles. The summed E-state index contributed by atoms with van der Waals surface area (Å²) in [5.74, 6) is 0.946. The summed E-state index contributed by atoms with van der Waals surface area (Å²) < 4.78 is 33.8. The van der Waals surface area contributed by atoms with E-state index in [1.165, 1.54) is 13.4 Å². The molecule has 0 unspecified atom stereocenters. The van der Waals surface area contributed by atoms with Crippen LogP contribution in [-0.4, -0.2) is 27.6 Å². The van der Waals surface area contributed by atoms with Crippen molar-refractivity contribution in [1.82, 2.24) is 0 Å². The van der Waals surface area contributed by atoms with Crippen molar-refractivity contribution in [2.45, 2.75) is 11.5 Å². The third kappa shape index (κ3) is 4.23. The lowest BCUT2D eigenvalue weighted by Gasteiger charge is -2.12. The SMILES string of the molecule is COc1cc(C(=N)N)ccc1OCc1ccc(S(C)(=O)=O)cc1. The average molecular weight is 334 g/mol. The Bertz CT molecular complexity index is 814. The van der Waals surface area contributed by atoms with Crippen molar-refractivity contribution in [2.75, 3.05) is 13.4 Å². The van der Waals surface area contributed by atoms with Crippen LogP contribution in [0.25, 0.3) is 0 Å². The normalized spacial score (nSPS) is 11.0. The molecule has 0 heterocycles. The average Bonchev–Trinajstić information content (AvgIpc) is 2.52. The highest BCUT2D eigenvalue weighted by Gasteiger charge is 2.09. The number of rotatable bonds is 6. The van der Waals surface area contributed by atoms with Crippen LogP contribution in [0.15, 0.2) is 47.4 Å². The van der Waals surface area contributed by atoms with E-state index in [9.17, 15) is 8.42 Å². The maximum absolute atomic E-state index is 11.4. The van der Waals surface area contributed by atoms with Gasteiger partial charge in [0.1, 0.15) is 12.4 Å². The van der Waals surface area contributed by atoms with E-state index in [4.69, 9.17) is 20.6 Å². The number of hydrogen-bond acceptors (Lipinski definition) is 5. The van der Waals surface area contributed by atoms with Gasteiger partial charge in [-0.2, -0.15) is 0 Å². The molecule has 7 heteroatoms. The summed E-state index contributed by atoms with van der Waals surface area (Å²) in [7, 11) is -1.70. The zero-order chi connectivity index (χ0) is 17.0. The minimum atomic E-state index is -3.20. The summed E-state index contributed by atoms with van der Waals surface area (Å²) in [6, 6.07) is 11.5. The predicted octanol–water partition coefficient (Wildman–Crippen LogP) is 1.96. The van der Waals surface area contributed by atoms with Crippen LogP contribution in [0.5, 0.6) is 11.5 Å². The molecular weight excluding hydrogens is 316 g/mol. The molecule has 0 saturated carbocycles. The molecule has 2 rings (SSSR count). The van der Waals surface area contributed by atoms with Gasteiger partial charge in [-0.15, -0.1) is 0 Å². The first-order valence-electron chi connectivity index (χ1n) is 6.75. The van der Waals surface area contributed by atoms with Gasteiger partial charge in [0.25, 0.3) is 0 Å². The van der Waals surface area contributed by atoms with Gasteiger partial charge < -0.3 is 15.2 Å². The number of benzene rings is 2. The fourth-order valence-electron chi connectivity index (χ4n) is 1.95. The first-order valence-corrected chi connectivity index (χ1v) is 8.64. The first kappa shape index (κ1) is 16.8. The van der Waals surface area contributed by atoms with Gasteiger partial charge in [0.2, 0.25) is 0 Å². The van der Waals surface area contributed by atoms with Crippen LogP contribution in [0.2, 0.25) is 0 Å². The molecular formula is C16H18N2O4S. The molecule has 0 aromatic heterocycles. The van der Waals surface area contributed by atoms with Crippen LogP contribution in [-0.2, 0) is 16.4 Å². The van der Waals surface area contributed by atoms with E-state index in [1.54, 1.807) is 42.5 Å². The molecule has 2 aromatic rings. The number of ether oxygens (including phenoxy) is 2. The monoisotopic (exact) mass is 334 g/mol. The molecule has 0 amide bonds. The van der Waals surface area contributed by atoms with Crippen LogP contribution in [0.3, 0.4) is 0 Å². The molecule has 0 bridgehead atoms. The highest BCUT2D eigenvalue weighted by molar-refractivity contribution is 7.90. The predicted molar refractivity (Wildman–Crippen MR) is 87.9 cm³/mol. The van der Waals surface area contributed by atoms with Crippen LogP contribution in [0.1, 0.15) is 11.1 Å². The number of nitrogen functional groups attached to an aromatic ring is 1. The van der Waals surface area contributed by atoms with E-state index >= 15 is 0 Å². The number of hydrogen-bond donors (Lipinski definition) is 2. The van der Waals surface area contributed by atoms with E-state index in [1.807, 2.05) is 0 Å². The Morgan fingerprint density at radius 1 is 1.13 bits per heavy atom. The largest absolute Gasteiger partial charge is 0.493 e. The Labute approximate surface area is 135 Å². The summed E-state index contributed by atoms with van der Waals surface area (Å²) in [6.45, 7) is 0.264. The van der Waals surface area contributed by atoms with Gasteiger partial charge in [0.05, 0.1) is 12.0 Å². The van der Waals surface area contributed by atoms with Gasteiger partial charge in [-0.1, -0.05) is 12.1 Å². The van der Waals surface area contributed by atoms with Gasteiger partial charge in [0.15, 0.2) is 21.3 Å². The summed E-state index contributed by atoms with van der Waals surface area (Å²) >= 11 is 0. The number of amidine groups is 1. The van der Waals surface area contributed by atoms with Gasteiger partial charge in [0, 0.05) is 11.8 Å². The molecule has 122 valence electrons. The second kappa shape index (κ2) is 6.70. The van der Waals surface area contributed by atoms with Gasteiger partial charge in [-0.25, -0.2) is 8.42 Å². The number of methoxy groups -OCH3 is 1. The Balaban J connectivity index is 2.13. The fourth-order valence-corrected chi connectivity index (χ4v) is 2.58. The summed E-state index contributed by atoms with van der Waals surface area (Å²) in [5.41, 5.74) is 6.82. The molecule has 6 nitrogen and oxygen atoms in total. The third-order valence-electron chi connectivity index (χ3n) is 3.22. The van der Waals surface area contributed by atoms with Crippen molar-refractivity contribution in [2.24, 2.45) is 5.73 Å². The van der Waals surface area contributed by atoms with Crippen molar-refractivity contribution in [3.63, 3.8) is 0 Å². The van der Waals surface area contributed by atoms with E-state index in [2.05, 4.69) is 0 Å². The highest BCUT2D eigenvalue weighted by Crippen LogP contribution is 2.28. The van der Waals surface area contributed by atoms with Crippen LogP contribution in [0, 0.1) is 5.41 Å². The molecule has 0 atom stereocenters. The van der Waals surface area contributed by atoms with Crippen LogP contribution >= 0.6 is 0 Å². The maximum atomic E-state index is 11.4. The van der Waals surface area contributed by atoms with Crippen molar-refractivity contribution >= 4 is 15.7 Å². The Kier molecular flexibility index (Phi) is 4.90. The van der Waals surface area contributed by atoms with E-state index < -0.39 is 9.84 Å².